The molecule has 0 amide bonds. The first-order valence-corrected chi connectivity index (χ1v) is 7.32. The SMILES string of the molecule is OCc1cn(Cc2cncc(Br)c2)c2cc(Cl)ccc12. The van der Waals surface area contributed by atoms with E-state index in [4.69, 9.17) is 11.6 Å². The minimum atomic E-state index is 0.0157. The summed E-state index contributed by atoms with van der Waals surface area (Å²) in [5.74, 6) is 0. The Morgan fingerprint density at radius 3 is 2.85 bits per heavy atom. The molecule has 0 aliphatic rings. The van der Waals surface area contributed by atoms with Crippen LogP contribution in [0.25, 0.3) is 10.9 Å². The monoisotopic (exact) mass is 350 g/mol. The number of pyridine rings is 1. The normalized spacial score (nSPS) is 11.2. The molecule has 3 rings (SSSR count). The summed E-state index contributed by atoms with van der Waals surface area (Å²) in [6.45, 7) is 0.700. The van der Waals surface area contributed by atoms with E-state index in [0.29, 0.717) is 11.6 Å². The predicted octanol–water partition coefficient (Wildman–Crippen LogP) is 3.99. The van der Waals surface area contributed by atoms with Crippen molar-refractivity contribution in [1.29, 1.82) is 0 Å². The fraction of sp³-hybridized carbons (Fsp3) is 0.133. The highest BCUT2D eigenvalue weighted by atomic mass is 79.9. The third-order valence-electron chi connectivity index (χ3n) is 3.21. The van der Waals surface area contributed by atoms with Gasteiger partial charge in [-0.1, -0.05) is 17.7 Å². The van der Waals surface area contributed by atoms with Gasteiger partial charge in [0.25, 0.3) is 0 Å². The van der Waals surface area contributed by atoms with E-state index < -0.39 is 0 Å². The quantitative estimate of drug-likeness (QED) is 0.775. The number of rotatable bonds is 3. The lowest BCUT2D eigenvalue weighted by molar-refractivity contribution is 0.283. The van der Waals surface area contributed by atoms with Crippen LogP contribution in [0.5, 0.6) is 0 Å². The van der Waals surface area contributed by atoms with Gasteiger partial charge in [-0.3, -0.25) is 4.98 Å². The van der Waals surface area contributed by atoms with E-state index >= 15 is 0 Å². The molecule has 20 heavy (non-hydrogen) atoms. The summed E-state index contributed by atoms with van der Waals surface area (Å²) in [7, 11) is 0. The van der Waals surface area contributed by atoms with E-state index in [9.17, 15) is 5.11 Å². The van der Waals surface area contributed by atoms with Crippen molar-refractivity contribution in [2.75, 3.05) is 0 Å². The Morgan fingerprint density at radius 1 is 1.25 bits per heavy atom. The maximum Gasteiger partial charge on any atom is 0.0702 e. The molecule has 0 spiro atoms. The van der Waals surface area contributed by atoms with Crippen molar-refractivity contribution < 1.29 is 5.11 Å². The van der Waals surface area contributed by atoms with Crippen molar-refractivity contribution in [2.45, 2.75) is 13.2 Å². The molecule has 0 unspecified atom stereocenters. The van der Waals surface area contributed by atoms with Gasteiger partial charge in [0.2, 0.25) is 0 Å². The van der Waals surface area contributed by atoms with Gasteiger partial charge in [-0.15, -0.1) is 0 Å². The first kappa shape index (κ1) is 13.6. The highest BCUT2D eigenvalue weighted by Gasteiger charge is 2.09. The lowest BCUT2D eigenvalue weighted by Gasteiger charge is -2.06. The predicted molar refractivity (Wildman–Crippen MR) is 83.9 cm³/mol. The maximum absolute atomic E-state index is 9.46. The molecule has 2 aromatic heterocycles. The molecule has 1 aromatic carbocycles. The number of benzene rings is 1. The molecule has 3 nitrogen and oxygen atoms in total. The second-order valence-electron chi connectivity index (χ2n) is 4.61. The molecule has 0 radical (unpaired) electrons. The van der Waals surface area contributed by atoms with Crippen molar-refractivity contribution >= 4 is 38.4 Å². The molecule has 0 bridgehead atoms. The second-order valence-corrected chi connectivity index (χ2v) is 5.97. The lowest BCUT2D eigenvalue weighted by atomic mass is 10.2. The first-order valence-electron chi connectivity index (χ1n) is 6.15. The topological polar surface area (TPSA) is 38.0 Å². The zero-order valence-electron chi connectivity index (χ0n) is 10.6. The standard InChI is InChI=1S/C15H12BrClN2O/c16-12-3-10(5-18-6-12)7-19-8-11(9-20)14-2-1-13(17)4-15(14)19/h1-6,8,20H,7,9H2. The van der Waals surface area contributed by atoms with Crippen LogP contribution in [-0.4, -0.2) is 14.7 Å². The van der Waals surface area contributed by atoms with Crippen LogP contribution in [0.2, 0.25) is 5.02 Å². The highest BCUT2D eigenvalue weighted by Crippen LogP contribution is 2.26. The Kier molecular flexibility index (Phi) is 3.78. The van der Waals surface area contributed by atoms with Crippen LogP contribution in [0.4, 0.5) is 0 Å². The Hall–Kier alpha value is -1.36. The summed E-state index contributed by atoms with van der Waals surface area (Å²) in [6.07, 6.45) is 5.55. The van der Waals surface area contributed by atoms with Gasteiger partial charge >= 0.3 is 0 Å². The molecule has 0 saturated heterocycles. The second kappa shape index (κ2) is 5.56. The Labute approximate surface area is 130 Å². The van der Waals surface area contributed by atoms with Gasteiger partial charge in [0, 0.05) is 45.6 Å². The largest absolute Gasteiger partial charge is 0.392 e. The summed E-state index contributed by atoms with van der Waals surface area (Å²) in [4.78, 5) is 4.17. The van der Waals surface area contributed by atoms with Crippen molar-refractivity contribution in [3.8, 4) is 0 Å². The Morgan fingerprint density at radius 2 is 2.10 bits per heavy atom. The van der Waals surface area contributed by atoms with Crippen LogP contribution in [0.15, 0.2) is 47.3 Å². The molecule has 2 heterocycles. The van der Waals surface area contributed by atoms with Crippen LogP contribution in [0, 0.1) is 0 Å². The minimum absolute atomic E-state index is 0.0157. The van der Waals surface area contributed by atoms with E-state index in [1.54, 1.807) is 6.20 Å². The van der Waals surface area contributed by atoms with Crippen LogP contribution < -0.4 is 0 Å². The lowest BCUT2D eigenvalue weighted by Crippen LogP contribution is -1.98. The van der Waals surface area contributed by atoms with Gasteiger partial charge in [0.05, 0.1) is 12.1 Å². The van der Waals surface area contributed by atoms with Crippen molar-refractivity contribution in [1.82, 2.24) is 9.55 Å². The van der Waals surface area contributed by atoms with Crippen LogP contribution in [0.3, 0.4) is 0 Å². The number of aliphatic hydroxyl groups is 1. The molecule has 0 saturated carbocycles. The molecule has 1 N–H and O–H groups in total. The van der Waals surface area contributed by atoms with E-state index in [0.717, 1.165) is 26.5 Å². The summed E-state index contributed by atoms with van der Waals surface area (Å²) < 4.78 is 3.03. The van der Waals surface area contributed by atoms with Gasteiger partial charge in [-0.05, 0) is 39.7 Å². The van der Waals surface area contributed by atoms with Crippen molar-refractivity contribution in [3.63, 3.8) is 0 Å². The fourth-order valence-corrected chi connectivity index (χ4v) is 2.92. The zero-order valence-corrected chi connectivity index (χ0v) is 12.9. The first-order chi connectivity index (χ1) is 9.67. The summed E-state index contributed by atoms with van der Waals surface area (Å²) in [5, 5.41) is 11.2. The molecular formula is C15H12BrClN2O. The zero-order chi connectivity index (χ0) is 14.1. The number of hydrogen-bond donors (Lipinski definition) is 1. The third kappa shape index (κ3) is 2.59. The highest BCUT2D eigenvalue weighted by molar-refractivity contribution is 9.10. The van der Waals surface area contributed by atoms with E-state index in [2.05, 4.69) is 25.5 Å². The Balaban J connectivity index is 2.09. The maximum atomic E-state index is 9.46. The molecular weight excluding hydrogens is 340 g/mol. The third-order valence-corrected chi connectivity index (χ3v) is 3.88. The number of nitrogens with zero attached hydrogens (tertiary/aromatic N) is 2. The van der Waals surface area contributed by atoms with Gasteiger partial charge < -0.3 is 9.67 Å². The van der Waals surface area contributed by atoms with Crippen LogP contribution in [0.1, 0.15) is 11.1 Å². The van der Waals surface area contributed by atoms with Gasteiger partial charge in [0.15, 0.2) is 0 Å². The molecule has 102 valence electrons. The van der Waals surface area contributed by atoms with E-state index in [-0.39, 0.29) is 6.61 Å². The number of aliphatic hydroxyl groups excluding tert-OH is 1. The summed E-state index contributed by atoms with van der Waals surface area (Å²) in [6, 6.07) is 7.73. The molecule has 0 atom stereocenters. The molecule has 3 aromatic rings. The average molecular weight is 352 g/mol. The molecule has 0 aliphatic heterocycles. The van der Waals surface area contributed by atoms with Crippen LogP contribution >= 0.6 is 27.5 Å². The van der Waals surface area contributed by atoms with E-state index in [1.807, 2.05) is 36.7 Å². The summed E-state index contributed by atoms with van der Waals surface area (Å²) >= 11 is 9.50. The van der Waals surface area contributed by atoms with Gasteiger partial charge in [-0.2, -0.15) is 0 Å². The Bertz CT molecular complexity index is 770. The van der Waals surface area contributed by atoms with Crippen molar-refractivity contribution in [2.24, 2.45) is 0 Å². The van der Waals surface area contributed by atoms with Gasteiger partial charge in [-0.25, -0.2) is 0 Å². The van der Waals surface area contributed by atoms with Crippen molar-refractivity contribution in [3.05, 3.63) is 63.5 Å². The number of aromatic nitrogens is 2. The van der Waals surface area contributed by atoms with E-state index in [1.165, 1.54) is 0 Å². The summed E-state index contributed by atoms with van der Waals surface area (Å²) in [5.41, 5.74) is 3.00. The smallest absolute Gasteiger partial charge is 0.0702 e. The number of hydrogen-bond acceptors (Lipinski definition) is 2. The number of fused-ring (bicyclic) bond motifs is 1. The van der Waals surface area contributed by atoms with Gasteiger partial charge in [0.1, 0.15) is 0 Å². The number of halogens is 2. The van der Waals surface area contributed by atoms with Crippen LogP contribution in [-0.2, 0) is 13.2 Å². The average Bonchev–Trinajstić information content (AvgIpc) is 2.76. The minimum Gasteiger partial charge on any atom is -0.392 e. The fourth-order valence-electron chi connectivity index (χ4n) is 2.34. The molecule has 0 fully saturated rings. The molecule has 0 aliphatic carbocycles. The molecule has 5 heteroatoms.